The quantitative estimate of drug-likeness (QED) is 0.746. The highest BCUT2D eigenvalue weighted by Gasteiger charge is 2.28. The summed E-state index contributed by atoms with van der Waals surface area (Å²) in [5.74, 6) is -0.728. The molecule has 158 valence electrons. The number of carbonyl (C=O) groups is 3. The Hall–Kier alpha value is -3.01. The second kappa shape index (κ2) is 8.78. The fourth-order valence-corrected chi connectivity index (χ4v) is 4.33. The number of rotatable bonds is 5. The summed E-state index contributed by atoms with van der Waals surface area (Å²) >= 11 is 1.25. The first-order valence-corrected chi connectivity index (χ1v) is 10.7. The van der Waals surface area contributed by atoms with E-state index in [4.69, 9.17) is 0 Å². The van der Waals surface area contributed by atoms with Gasteiger partial charge >= 0.3 is 0 Å². The number of carbonyl (C=O) groups excluding carboxylic acids is 3. The highest BCUT2D eigenvalue weighted by atomic mass is 32.1. The Morgan fingerprint density at radius 2 is 2.00 bits per heavy atom. The molecule has 1 atom stereocenters. The first kappa shape index (κ1) is 20.3. The minimum absolute atomic E-state index is 0.0468. The average molecular weight is 431 g/mol. The normalized spacial score (nSPS) is 19.0. The van der Waals surface area contributed by atoms with Gasteiger partial charge in [0.25, 0.3) is 0 Å². The number of para-hydroxylation sites is 1. The second-order valence-electron chi connectivity index (χ2n) is 7.29. The molecule has 2 N–H and O–H groups in total. The topological polar surface area (TPSA) is 94.6 Å². The van der Waals surface area contributed by atoms with E-state index in [1.807, 2.05) is 4.90 Å². The molecule has 2 fully saturated rings. The molecule has 1 unspecified atom stereocenters. The molecule has 30 heavy (non-hydrogen) atoms. The molecule has 10 heteroatoms. The van der Waals surface area contributed by atoms with Crippen LogP contribution in [0.1, 0.15) is 18.5 Å². The zero-order valence-electron chi connectivity index (χ0n) is 16.3. The number of aromatic nitrogens is 1. The van der Waals surface area contributed by atoms with Gasteiger partial charge in [0.1, 0.15) is 11.9 Å². The molecule has 0 saturated carbocycles. The van der Waals surface area contributed by atoms with Crippen molar-refractivity contribution in [2.45, 2.75) is 25.3 Å². The van der Waals surface area contributed by atoms with Crippen molar-refractivity contribution in [3.63, 3.8) is 0 Å². The van der Waals surface area contributed by atoms with E-state index < -0.39 is 6.04 Å². The van der Waals surface area contributed by atoms with E-state index in [0.29, 0.717) is 55.5 Å². The summed E-state index contributed by atoms with van der Waals surface area (Å²) < 4.78 is 13.9. The molecule has 2 aliphatic rings. The zero-order valence-corrected chi connectivity index (χ0v) is 17.1. The highest BCUT2D eigenvalue weighted by Crippen LogP contribution is 2.21. The predicted octanol–water partition coefficient (Wildman–Crippen LogP) is 1.39. The molecule has 0 radical (unpaired) electrons. The molecule has 3 amide bonds. The number of piperazine rings is 1. The molecule has 2 aromatic rings. The maximum atomic E-state index is 13.9. The van der Waals surface area contributed by atoms with E-state index in [-0.39, 0.29) is 30.0 Å². The number of nitrogens with zero attached hydrogens (tertiary/aromatic N) is 3. The van der Waals surface area contributed by atoms with Gasteiger partial charge in [0.2, 0.25) is 17.7 Å². The third-order valence-electron chi connectivity index (χ3n) is 5.25. The minimum atomic E-state index is -0.530. The van der Waals surface area contributed by atoms with Crippen LogP contribution in [-0.4, -0.2) is 59.8 Å². The molecule has 1 aromatic heterocycles. The fraction of sp³-hybridized carbons (Fsp3) is 0.400. The number of hydrogen-bond acceptors (Lipinski definition) is 6. The highest BCUT2D eigenvalue weighted by molar-refractivity contribution is 7.13. The second-order valence-corrected chi connectivity index (χ2v) is 8.15. The molecule has 2 saturated heterocycles. The van der Waals surface area contributed by atoms with Crippen molar-refractivity contribution >= 4 is 39.9 Å². The average Bonchev–Trinajstić information content (AvgIpc) is 3.37. The van der Waals surface area contributed by atoms with Crippen molar-refractivity contribution in [3.05, 3.63) is 41.2 Å². The van der Waals surface area contributed by atoms with Crippen molar-refractivity contribution in [3.8, 4) is 0 Å². The molecule has 8 nitrogen and oxygen atoms in total. The van der Waals surface area contributed by atoms with Crippen LogP contribution in [0.2, 0.25) is 0 Å². The van der Waals surface area contributed by atoms with Gasteiger partial charge in [0, 0.05) is 38.0 Å². The molecule has 3 heterocycles. The maximum Gasteiger partial charge on any atom is 0.248 e. The smallest absolute Gasteiger partial charge is 0.248 e. The summed E-state index contributed by atoms with van der Waals surface area (Å²) in [6.07, 6.45) is 0.965. The van der Waals surface area contributed by atoms with Crippen molar-refractivity contribution in [2.24, 2.45) is 0 Å². The SMILES string of the molecule is O=C1CCC(C(=O)Nc2nc(CC(=O)N3CCN(c4ccccc4F)CC3)cs2)N1. The van der Waals surface area contributed by atoms with Crippen LogP contribution in [0.25, 0.3) is 0 Å². The number of thiazole rings is 1. The molecule has 0 spiro atoms. The van der Waals surface area contributed by atoms with Crippen LogP contribution in [0.4, 0.5) is 15.2 Å². The molecular formula is C20H22FN5O3S. The minimum Gasteiger partial charge on any atom is -0.366 e. The lowest BCUT2D eigenvalue weighted by Crippen LogP contribution is -2.49. The summed E-state index contributed by atoms with van der Waals surface area (Å²) in [5.41, 5.74) is 1.15. The van der Waals surface area contributed by atoms with E-state index in [2.05, 4.69) is 15.6 Å². The largest absolute Gasteiger partial charge is 0.366 e. The first-order valence-electron chi connectivity index (χ1n) is 9.81. The van der Waals surface area contributed by atoms with Crippen LogP contribution in [0.15, 0.2) is 29.6 Å². The third-order valence-corrected chi connectivity index (χ3v) is 6.06. The van der Waals surface area contributed by atoms with E-state index in [1.54, 1.807) is 28.5 Å². The Kier molecular flexibility index (Phi) is 5.93. The van der Waals surface area contributed by atoms with Crippen molar-refractivity contribution in [2.75, 3.05) is 36.4 Å². The van der Waals surface area contributed by atoms with Crippen molar-refractivity contribution in [1.29, 1.82) is 0 Å². The van der Waals surface area contributed by atoms with Crippen molar-refractivity contribution < 1.29 is 18.8 Å². The van der Waals surface area contributed by atoms with Gasteiger partial charge < -0.3 is 20.4 Å². The summed E-state index contributed by atoms with van der Waals surface area (Å²) in [5, 5.41) is 7.46. The van der Waals surface area contributed by atoms with Crippen LogP contribution < -0.4 is 15.5 Å². The van der Waals surface area contributed by atoms with Crippen molar-refractivity contribution in [1.82, 2.24) is 15.2 Å². The number of halogens is 1. The maximum absolute atomic E-state index is 13.9. The number of benzene rings is 1. The van der Waals surface area contributed by atoms with Gasteiger partial charge in [0.05, 0.1) is 17.8 Å². The Morgan fingerprint density at radius 3 is 2.70 bits per heavy atom. The van der Waals surface area contributed by atoms with Gasteiger partial charge in [-0.05, 0) is 18.6 Å². The van der Waals surface area contributed by atoms with Gasteiger partial charge in [-0.1, -0.05) is 12.1 Å². The summed E-state index contributed by atoms with van der Waals surface area (Å²) in [6.45, 7) is 2.17. The standard InChI is InChI=1S/C20H22FN5O3S/c21-14-3-1-2-4-16(14)25-7-9-26(10-8-25)18(28)11-13-12-30-20(22-13)24-19(29)15-5-6-17(27)23-15/h1-4,12,15H,5-11H2,(H,23,27)(H,22,24,29). The van der Waals surface area contributed by atoms with Crippen LogP contribution in [0.5, 0.6) is 0 Å². The Bertz CT molecular complexity index is 957. The molecule has 0 aliphatic carbocycles. The Balaban J connectivity index is 1.27. The lowest BCUT2D eigenvalue weighted by atomic mass is 10.2. The third kappa shape index (κ3) is 4.59. The Morgan fingerprint density at radius 1 is 1.23 bits per heavy atom. The Labute approximate surface area is 177 Å². The van der Waals surface area contributed by atoms with Crippen LogP contribution in [0.3, 0.4) is 0 Å². The molecule has 2 aliphatic heterocycles. The van der Waals surface area contributed by atoms with E-state index in [9.17, 15) is 18.8 Å². The molecule has 0 bridgehead atoms. The number of hydrogen-bond donors (Lipinski definition) is 2. The number of anilines is 2. The van der Waals surface area contributed by atoms with Crippen LogP contribution in [-0.2, 0) is 20.8 Å². The summed E-state index contributed by atoms with van der Waals surface area (Å²) in [7, 11) is 0. The summed E-state index contributed by atoms with van der Waals surface area (Å²) in [4.78, 5) is 44.0. The summed E-state index contributed by atoms with van der Waals surface area (Å²) in [6, 6.07) is 6.11. The zero-order chi connectivity index (χ0) is 21.1. The number of nitrogens with one attached hydrogen (secondary N) is 2. The molecular weight excluding hydrogens is 409 g/mol. The van der Waals surface area contributed by atoms with Gasteiger partial charge in [0.15, 0.2) is 5.13 Å². The lowest BCUT2D eigenvalue weighted by molar-refractivity contribution is -0.130. The van der Waals surface area contributed by atoms with Crippen LogP contribution in [0, 0.1) is 5.82 Å². The first-order chi connectivity index (χ1) is 14.5. The molecule has 4 rings (SSSR count). The van der Waals surface area contributed by atoms with E-state index in [0.717, 1.165) is 0 Å². The molecule has 1 aromatic carbocycles. The fourth-order valence-electron chi connectivity index (χ4n) is 3.62. The van der Waals surface area contributed by atoms with E-state index >= 15 is 0 Å². The lowest BCUT2D eigenvalue weighted by Gasteiger charge is -2.36. The predicted molar refractivity (Wildman–Crippen MR) is 111 cm³/mol. The van der Waals surface area contributed by atoms with Gasteiger partial charge in [-0.25, -0.2) is 9.37 Å². The number of amides is 3. The van der Waals surface area contributed by atoms with Gasteiger partial charge in [-0.15, -0.1) is 11.3 Å². The van der Waals surface area contributed by atoms with E-state index in [1.165, 1.54) is 17.4 Å². The monoisotopic (exact) mass is 431 g/mol. The van der Waals surface area contributed by atoms with Gasteiger partial charge in [-0.2, -0.15) is 0 Å². The van der Waals surface area contributed by atoms with Gasteiger partial charge in [-0.3, -0.25) is 14.4 Å². The van der Waals surface area contributed by atoms with Crippen LogP contribution >= 0.6 is 11.3 Å².